The average molecular weight is 386 g/mol. The summed E-state index contributed by atoms with van der Waals surface area (Å²) >= 11 is 0. The Morgan fingerprint density at radius 3 is 2.41 bits per heavy atom. The molecule has 0 saturated heterocycles. The fourth-order valence-corrected chi connectivity index (χ4v) is 3.42. The highest BCUT2D eigenvalue weighted by molar-refractivity contribution is 5.75. The number of para-hydroxylation sites is 4. The van der Waals surface area contributed by atoms with Crippen molar-refractivity contribution in [2.24, 2.45) is 0 Å². The summed E-state index contributed by atoms with van der Waals surface area (Å²) in [5, 5.41) is 0. The number of imidazole rings is 1. The van der Waals surface area contributed by atoms with Crippen LogP contribution in [0.3, 0.4) is 0 Å². The first-order chi connectivity index (χ1) is 14.3. The molecular formula is C25H26N2O2. The van der Waals surface area contributed by atoms with E-state index in [0.29, 0.717) is 13.2 Å². The number of aryl methyl sites for hydroxylation is 2. The third kappa shape index (κ3) is 4.77. The van der Waals surface area contributed by atoms with E-state index in [-0.39, 0.29) is 0 Å². The van der Waals surface area contributed by atoms with E-state index in [9.17, 15) is 0 Å². The summed E-state index contributed by atoms with van der Waals surface area (Å²) in [5.41, 5.74) is 3.30. The summed E-state index contributed by atoms with van der Waals surface area (Å²) in [4.78, 5) is 4.81. The minimum Gasteiger partial charge on any atom is -0.494 e. The quantitative estimate of drug-likeness (QED) is 0.342. The molecule has 4 aromatic rings. The van der Waals surface area contributed by atoms with E-state index >= 15 is 0 Å². The van der Waals surface area contributed by atoms with Crippen LogP contribution in [-0.2, 0) is 13.2 Å². The second kappa shape index (κ2) is 9.28. The molecule has 0 fully saturated rings. The Kier molecular flexibility index (Phi) is 6.10. The van der Waals surface area contributed by atoms with Crippen LogP contribution in [0.5, 0.6) is 11.5 Å². The van der Waals surface area contributed by atoms with Gasteiger partial charge in [0.15, 0.2) is 0 Å². The van der Waals surface area contributed by atoms with Crippen LogP contribution in [0.2, 0.25) is 0 Å². The maximum absolute atomic E-state index is 6.07. The number of nitrogens with zero attached hydrogens (tertiary/aromatic N) is 2. The monoisotopic (exact) mass is 386 g/mol. The third-order valence-corrected chi connectivity index (χ3v) is 4.97. The minimum atomic E-state index is 0.458. The first kappa shape index (κ1) is 19.1. The number of aromatic nitrogens is 2. The molecule has 0 unspecified atom stereocenters. The van der Waals surface area contributed by atoms with E-state index in [1.807, 2.05) is 54.6 Å². The van der Waals surface area contributed by atoms with Gasteiger partial charge in [-0.2, -0.15) is 0 Å². The van der Waals surface area contributed by atoms with Gasteiger partial charge < -0.3 is 14.0 Å². The van der Waals surface area contributed by atoms with Gasteiger partial charge in [-0.25, -0.2) is 4.98 Å². The van der Waals surface area contributed by atoms with Crippen molar-refractivity contribution in [2.75, 3.05) is 6.61 Å². The largest absolute Gasteiger partial charge is 0.494 e. The molecule has 0 atom stereocenters. The van der Waals surface area contributed by atoms with Crippen LogP contribution in [0, 0.1) is 6.92 Å². The minimum absolute atomic E-state index is 0.458. The zero-order chi connectivity index (χ0) is 19.9. The van der Waals surface area contributed by atoms with Crippen LogP contribution >= 0.6 is 0 Å². The van der Waals surface area contributed by atoms with Gasteiger partial charge in [-0.3, -0.25) is 0 Å². The highest BCUT2D eigenvalue weighted by Crippen LogP contribution is 2.21. The van der Waals surface area contributed by atoms with Gasteiger partial charge in [0, 0.05) is 6.54 Å². The zero-order valence-electron chi connectivity index (χ0n) is 16.8. The summed E-state index contributed by atoms with van der Waals surface area (Å²) in [5.74, 6) is 2.79. The van der Waals surface area contributed by atoms with Gasteiger partial charge in [0.05, 0.1) is 17.6 Å². The van der Waals surface area contributed by atoms with Crippen molar-refractivity contribution < 1.29 is 9.47 Å². The maximum Gasteiger partial charge on any atom is 0.147 e. The van der Waals surface area contributed by atoms with Gasteiger partial charge in [0.2, 0.25) is 0 Å². The number of unbranched alkanes of at least 4 members (excludes halogenated alkanes) is 1. The van der Waals surface area contributed by atoms with Crippen molar-refractivity contribution in [3.05, 3.63) is 90.3 Å². The SMILES string of the molecule is Cc1ccccc1OCc1nc2ccccc2n1CCCCOc1ccccc1. The topological polar surface area (TPSA) is 36.3 Å². The zero-order valence-corrected chi connectivity index (χ0v) is 16.8. The van der Waals surface area contributed by atoms with Crippen LogP contribution in [0.15, 0.2) is 78.9 Å². The first-order valence-corrected chi connectivity index (χ1v) is 10.1. The van der Waals surface area contributed by atoms with Gasteiger partial charge in [0.1, 0.15) is 23.9 Å². The summed E-state index contributed by atoms with van der Waals surface area (Å²) < 4.78 is 14.2. The molecule has 0 spiro atoms. The lowest BCUT2D eigenvalue weighted by Gasteiger charge is -2.12. The molecule has 0 amide bonds. The Morgan fingerprint density at radius 2 is 1.55 bits per heavy atom. The summed E-state index contributed by atoms with van der Waals surface area (Å²) in [7, 11) is 0. The summed E-state index contributed by atoms with van der Waals surface area (Å²) in [6.07, 6.45) is 2.00. The second-order valence-electron chi connectivity index (χ2n) is 7.09. The van der Waals surface area contributed by atoms with Crippen LogP contribution < -0.4 is 9.47 Å². The number of hydrogen-bond acceptors (Lipinski definition) is 3. The van der Waals surface area contributed by atoms with Crippen molar-refractivity contribution in [1.29, 1.82) is 0 Å². The van der Waals surface area contributed by atoms with Crippen molar-refractivity contribution in [2.45, 2.75) is 32.9 Å². The van der Waals surface area contributed by atoms with Crippen molar-refractivity contribution in [3.8, 4) is 11.5 Å². The van der Waals surface area contributed by atoms with E-state index in [1.165, 1.54) is 0 Å². The predicted molar refractivity (Wildman–Crippen MR) is 116 cm³/mol. The predicted octanol–water partition coefficient (Wildman–Crippen LogP) is 5.78. The molecule has 1 heterocycles. The van der Waals surface area contributed by atoms with Crippen LogP contribution in [0.25, 0.3) is 11.0 Å². The van der Waals surface area contributed by atoms with Crippen molar-refractivity contribution in [1.82, 2.24) is 9.55 Å². The lowest BCUT2D eigenvalue weighted by molar-refractivity contribution is 0.283. The number of rotatable bonds is 9. The molecule has 3 aromatic carbocycles. The summed E-state index contributed by atoms with van der Waals surface area (Å²) in [6.45, 7) is 4.13. The lowest BCUT2D eigenvalue weighted by Crippen LogP contribution is -2.09. The fourth-order valence-electron chi connectivity index (χ4n) is 3.42. The van der Waals surface area contributed by atoms with E-state index in [4.69, 9.17) is 14.5 Å². The fraction of sp³-hybridized carbons (Fsp3) is 0.240. The van der Waals surface area contributed by atoms with E-state index in [2.05, 4.69) is 35.8 Å². The van der Waals surface area contributed by atoms with Gasteiger partial charge in [-0.1, -0.05) is 48.5 Å². The normalized spacial score (nSPS) is 10.9. The lowest BCUT2D eigenvalue weighted by atomic mass is 10.2. The highest BCUT2D eigenvalue weighted by atomic mass is 16.5. The smallest absolute Gasteiger partial charge is 0.147 e. The Balaban J connectivity index is 1.40. The van der Waals surface area contributed by atoms with Gasteiger partial charge in [0.25, 0.3) is 0 Å². The number of hydrogen-bond donors (Lipinski definition) is 0. The van der Waals surface area contributed by atoms with Crippen LogP contribution in [0.1, 0.15) is 24.2 Å². The Bertz CT molecular complexity index is 1060. The molecule has 0 radical (unpaired) electrons. The molecule has 0 N–H and O–H groups in total. The molecule has 1 aromatic heterocycles. The Hall–Kier alpha value is -3.27. The number of ether oxygens (including phenoxy) is 2. The molecule has 4 heteroatoms. The number of benzene rings is 3. The van der Waals surface area contributed by atoms with Gasteiger partial charge >= 0.3 is 0 Å². The molecule has 0 aliphatic rings. The molecule has 0 aliphatic heterocycles. The van der Waals surface area contributed by atoms with E-state index in [0.717, 1.165) is 53.3 Å². The van der Waals surface area contributed by atoms with Crippen molar-refractivity contribution >= 4 is 11.0 Å². The molecule has 0 bridgehead atoms. The van der Waals surface area contributed by atoms with E-state index < -0.39 is 0 Å². The van der Waals surface area contributed by atoms with Gasteiger partial charge in [-0.15, -0.1) is 0 Å². The molecule has 0 saturated carbocycles. The first-order valence-electron chi connectivity index (χ1n) is 10.1. The van der Waals surface area contributed by atoms with E-state index in [1.54, 1.807) is 0 Å². The van der Waals surface area contributed by atoms with Gasteiger partial charge in [-0.05, 0) is 55.7 Å². The van der Waals surface area contributed by atoms with Crippen LogP contribution in [0.4, 0.5) is 0 Å². The second-order valence-corrected chi connectivity index (χ2v) is 7.09. The Labute approximate surface area is 171 Å². The molecular weight excluding hydrogens is 360 g/mol. The third-order valence-electron chi connectivity index (χ3n) is 4.97. The highest BCUT2D eigenvalue weighted by Gasteiger charge is 2.11. The average Bonchev–Trinajstić information content (AvgIpc) is 3.11. The number of fused-ring (bicyclic) bond motifs is 1. The summed E-state index contributed by atoms with van der Waals surface area (Å²) in [6, 6.07) is 26.3. The molecule has 4 rings (SSSR count). The molecule has 148 valence electrons. The van der Waals surface area contributed by atoms with Crippen LogP contribution in [-0.4, -0.2) is 16.2 Å². The van der Waals surface area contributed by atoms with Crippen molar-refractivity contribution in [3.63, 3.8) is 0 Å². The molecule has 0 aliphatic carbocycles. The molecule has 29 heavy (non-hydrogen) atoms. The Morgan fingerprint density at radius 1 is 0.793 bits per heavy atom. The standard InChI is InChI=1S/C25H26N2O2/c1-20-11-5-8-16-24(20)29-19-25-26-22-14-6-7-15-23(22)27(25)17-9-10-18-28-21-12-3-2-4-13-21/h2-8,11-16H,9-10,17-19H2,1H3. The maximum atomic E-state index is 6.07. The molecule has 4 nitrogen and oxygen atoms in total.